The van der Waals surface area contributed by atoms with Crippen molar-refractivity contribution in [3.63, 3.8) is 0 Å². The molecule has 10 heteroatoms. The Kier molecular flexibility index (Phi) is 8.67. The van der Waals surface area contributed by atoms with Gasteiger partial charge in [-0.15, -0.1) is 11.3 Å². The summed E-state index contributed by atoms with van der Waals surface area (Å²) >= 11 is 9.77. The summed E-state index contributed by atoms with van der Waals surface area (Å²) in [6.07, 6.45) is 10.7. The molecule has 0 amide bonds. The Morgan fingerprint density at radius 1 is 1.18 bits per heavy atom. The second-order valence-electron chi connectivity index (χ2n) is 9.18. The predicted molar refractivity (Wildman–Crippen MR) is 159 cm³/mol. The van der Waals surface area contributed by atoms with Gasteiger partial charge in [0.1, 0.15) is 6.07 Å². The molecule has 0 saturated carbocycles. The van der Waals surface area contributed by atoms with Gasteiger partial charge in [-0.05, 0) is 43.3 Å². The van der Waals surface area contributed by atoms with Gasteiger partial charge in [0.25, 0.3) is 0 Å². The largest absolute Gasteiger partial charge is 0.353 e. The minimum atomic E-state index is 0.503. The number of pyridine rings is 1. The van der Waals surface area contributed by atoms with Crippen LogP contribution < -0.4 is 5.32 Å². The van der Waals surface area contributed by atoms with Crippen LogP contribution in [-0.2, 0) is 7.05 Å². The Labute approximate surface area is 236 Å². The number of benzene rings is 1. The summed E-state index contributed by atoms with van der Waals surface area (Å²) < 4.78 is 2.91. The smallest absolute Gasteiger partial charge is 0.172 e. The summed E-state index contributed by atoms with van der Waals surface area (Å²) in [7, 11) is 1.95. The molecule has 196 valence electrons. The molecular formula is C28H30ClN7S2. The third kappa shape index (κ3) is 6.22. The average Bonchev–Trinajstić information content (AvgIpc) is 3.54. The average molecular weight is 564 g/mol. The quantitative estimate of drug-likeness (QED) is 0.249. The fourth-order valence-corrected chi connectivity index (χ4v) is 6.58. The lowest BCUT2D eigenvalue weighted by Gasteiger charge is -2.33. The molecule has 1 N–H and O–H groups in total. The van der Waals surface area contributed by atoms with Crippen molar-refractivity contribution in [2.75, 3.05) is 44.6 Å². The number of thiophene rings is 1. The molecule has 1 aliphatic heterocycles. The molecule has 1 aliphatic rings. The van der Waals surface area contributed by atoms with Crippen LogP contribution in [-0.4, -0.2) is 63.6 Å². The normalized spacial score (nSPS) is 14.9. The van der Waals surface area contributed by atoms with Crippen LogP contribution in [0.4, 0.5) is 11.4 Å². The number of halogens is 1. The number of nitrogens with zero attached hydrogens (tertiary/aromatic N) is 6. The zero-order valence-electron chi connectivity index (χ0n) is 21.5. The highest BCUT2D eigenvalue weighted by molar-refractivity contribution is 7.99. The number of hydrogen-bond donors (Lipinski definition) is 1. The first-order chi connectivity index (χ1) is 18.5. The van der Waals surface area contributed by atoms with Crippen molar-refractivity contribution in [1.29, 1.82) is 5.26 Å². The lowest BCUT2D eigenvalue weighted by molar-refractivity contribution is 0.139. The molecule has 0 atom stereocenters. The molecular weight excluding hydrogens is 534 g/mol. The van der Waals surface area contributed by atoms with Gasteiger partial charge in [0.15, 0.2) is 5.16 Å². The third-order valence-electron chi connectivity index (χ3n) is 6.67. The Hall–Kier alpha value is -2.87. The van der Waals surface area contributed by atoms with Crippen molar-refractivity contribution in [2.24, 2.45) is 7.05 Å². The number of imidazole rings is 1. The number of hydrogen-bond acceptors (Lipinski definition) is 8. The fraction of sp³-hybridized carbons (Fsp3) is 0.321. The number of fused-ring (bicyclic) bond motifs is 1. The van der Waals surface area contributed by atoms with E-state index in [9.17, 15) is 5.26 Å². The molecule has 5 rings (SSSR count). The summed E-state index contributed by atoms with van der Waals surface area (Å²) in [6.45, 7) is 9.07. The lowest BCUT2D eigenvalue weighted by Crippen LogP contribution is -2.46. The van der Waals surface area contributed by atoms with Gasteiger partial charge in [0.2, 0.25) is 0 Å². The molecule has 1 saturated heterocycles. The predicted octanol–water partition coefficient (Wildman–Crippen LogP) is 6.49. The van der Waals surface area contributed by atoms with E-state index in [1.807, 2.05) is 36.0 Å². The van der Waals surface area contributed by atoms with E-state index in [2.05, 4.69) is 56.3 Å². The van der Waals surface area contributed by atoms with Gasteiger partial charge in [-0.3, -0.25) is 4.98 Å². The summed E-state index contributed by atoms with van der Waals surface area (Å²) in [5.74, 6) is 0. The molecule has 1 fully saturated rings. The molecule has 0 bridgehead atoms. The van der Waals surface area contributed by atoms with Gasteiger partial charge in [-0.1, -0.05) is 36.4 Å². The van der Waals surface area contributed by atoms with Crippen molar-refractivity contribution in [2.45, 2.75) is 23.4 Å². The molecule has 38 heavy (non-hydrogen) atoms. The topological polar surface area (TPSA) is 73.0 Å². The van der Waals surface area contributed by atoms with E-state index in [1.54, 1.807) is 23.7 Å². The van der Waals surface area contributed by atoms with Gasteiger partial charge in [0, 0.05) is 73.8 Å². The van der Waals surface area contributed by atoms with E-state index in [0.717, 1.165) is 82.2 Å². The highest BCUT2D eigenvalue weighted by atomic mass is 35.5. The molecule has 0 radical (unpaired) electrons. The number of rotatable bonds is 9. The molecule has 4 heterocycles. The van der Waals surface area contributed by atoms with Crippen LogP contribution in [0, 0.1) is 11.3 Å². The van der Waals surface area contributed by atoms with Crippen molar-refractivity contribution >= 4 is 62.4 Å². The highest BCUT2D eigenvalue weighted by Gasteiger charge is 2.15. The Morgan fingerprint density at radius 3 is 2.71 bits per heavy atom. The van der Waals surface area contributed by atoms with Gasteiger partial charge in [-0.2, -0.15) is 5.26 Å². The number of aryl methyl sites for hydroxylation is 1. The third-order valence-corrected chi connectivity index (χ3v) is 9.35. The van der Waals surface area contributed by atoms with Crippen LogP contribution in [0.5, 0.6) is 0 Å². The maximum absolute atomic E-state index is 9.77. The first kappa shape index (κ1) is 26.7. The Morgan fingerprint density at radius 2 is 2.00 bits per heavy atom. The van der Waals surface area contributed by atoms with Gasteiger partial charge < -0.3 is 19.7 Å². The standard InChI is InChI=1S/C28H30ClN7S2/c1-3-35-12-14-36(15-13-35)10-5-4-6-22-17-24-27(37-22)26(20(18-30)19-32-24)33-21-7-8-25(23(29)16-21)38-28-31-9-11-34(28)2/h4,6-9,11,16-17,19H,3,5,10,12-15H2,1-2H3,(H,32,33). The molecule has 7 nitrogen and oxygen atoms in total. The first-order valence-electron chi connectivity index (χ1n) is 12.7. The van der Waals surface area contributed by atoms with Crippen molar-refractivity contribution in [1.82, 2.24) is 24.3 Å². The second kappa shape index (κ2) is 12.3. The summed E-state index contributed by atoms with van der Waals surface area (Å²) in [5.41, 5.74) is 2.96. The van der Waals surface area contributed by atoms with Crippen molar-refractivity contribution in [3.8, 4) is 6.07 Å². The molecule has 3 aromatic heterocycles. The number of likely N-dealkylation sites (N-methyl/N-ethyl adjacent to an activating group) is 1. The van der Waals surface area contributed by atoms with Crippen LogP contribution in [0.1, 0.15) is 23.8 Å². The number of aromatic nitrogens is 3. The number of nitrogens with one attached hydrogen (secondary N) is 1. The van der Waals surface area contributed by atoms with Crippen LogP contribution in [0.25, 0.3) is 16.3 Å². The van der Waals surface area contributed by atoms with Gasteiger partial charge in [0.05, 0.1) is 26.5 Å². The summed E-state index contributed by atoms with van der Waals surface area (Å²) in [5, 5.41) is 14.7. The first-order valence-corrected chi connectivity index (χ1v) is 14.7. The minimum Gasteiger partial charge on any atom is -0.353 e. The second-order valence-corrected chi connectivity index (χ2v) is 11.7. The van der Waals surface area contributed by atoms with Crippen LogP contribution in [0.2, 0.25) is 5.02 Å². The van der Waals surface area contributed by atoms with E-state index in [0.29, 0.717) is 10.6 Å². The molecule has 0 aliphatic carbocycles. The summed E-state index contributed by atoms with van der Waals surface area (Å²) in [6, 6.07) is 10.2. The molecule has 1 aromatic carbocycles. The highest BCUT2D eigenvalue weighted by Crippen LogP contribution is 2.38. The molecule has 0 spiro atoms. The van der Waals surface area contributed by atoms with E-state index in [4.69, 9.17) is 11.6 Å². The van der Waals surface area contributed by atoms with Crippen LogP contribution in [0.15, 0.2) is 59.0 Å². The van der Waals surface area contributed by atoms with Crippen molar-refractivity contribution in [3.05, 3.63) is 64.4 Å². The maximum atomic E-state index is 9.77. The molecule has 4 aromatic rings. The fourth-order valence-electron chi connectivity index (χ4n) is 4.43. The maximum Gasteiger partial charge on any atom is 0.172 e. The monoisotopic (exact) mass is 563 g/mol. The SMILES string of the molecule is CCN1CCN(CCC=Cc2cc3ncc(C#N)c(Nc4ccc(Sc5nccn5C)c(Cl)c4)c3s2)CC1. The van der Waals surface area contributed by atoms with E-state index >= 15 is 0 Å². The van der Waals surface area contributed by atoms with Crippen LogP contribution >= 0.6 is 34.7 Å². The summed E-state index contributed by atoms with van der Waals surface area (Å²) in [4.78, 5) is 16.0. The Bertz CT molecular complexity index is 1480. The van der Waals surface area contributed by atoms with E-state index < -0.39 is 0 Å². The minimum absolute atomic E-state index is 0.503. The number of nitriles is 1. The molecule has 0 unspecified atom stereocenters. The lowest BCUT2D eigenvalue weighted by atomic mass is 10.2. The zero-order chi connectivity index (χ0) is 26.5. The Balaban J connectivity index is 1.29. The zero-order valence-corrected chi connectivity index (χ0v) is 23.9. The van der Waals surface area contributed by atoms with E-state index in [1.165, 1.54) is 11.8 Å². The van der Waals surface area contributed by atoms with Crippen molar-refractivity contribution < 1.29 is 0 Å². The number of piperazine rings is 1. The van der Waals surface area contributed by atoms with E-state index in [-0.39, 0.29) is 0 Å². The van der Waals surface area contributed by atoms with Gasteiger partial charge in [-0.25, -0.2) is 4.98 Å². The van der Waals surface area contributed by atoms with Gasteiger partial charge >= 0.3 is 0 Å². The van der Waals surface area contributed by atoms with Crippen LogP contribution in [0.3, 0.4) is 0 Å². The number of anilines is 2.